The highest BCUT2D eigenvalue weighted by molar-refractivity contribution is 7.61. The minimum absolute atomic E-state index is 0.0267. The van der Waals surface area contributed by atoms with Crippen molar-refractivity contribution < 1.29 is 38.5 Å². The van der Waals surface area contributed by atoms with Crippen molar-refractivity contribution >= 4 is 28.8 Å². The van der Waals surface area contributed by atoms with Crippen LogP contribution in [0.2, 0.25) is 0 Å². The first-order chi connectivity index (χ1) is 19.0. The van der Waals surface area contributed by atoms with Gasteiger partial charge in [-0.15, -0.1) is 0 Å². The Balaban J connectivity index is 1.98. The molecule has 0 bridgehead atoms. The molecule has 0 saturated carbocycles. The first kappa shape index (κ1) is 31.3. The topological polar surface area (TPSA) is 156 Å². The van der Waals surface area contributed by atoms with Gasteiger partial charge in [-0.05, 0) is 45.9 Å². The molecule has 11 heteroatoms. The van der Waals surface area contributed by atoms with Crippen LogP contribution in [-0.2, 0) is 33.0 Å². The van der Waals surface area contributed by atoms with E-state index in [0.29, 0.717) is 16.7 Å². The van der Waals surface area contributed by atoms with E-state index in [1.165, 1.54) is 0 Å². The average Bonchev–Trinajstić information content (AvgIpc) is 2.85. The number of benzene rings is 4. The van der Waals surface area contributed by atoms with Crippen molar-refractivity contribution in [2.75, 3.05) is 0 Å². The van der Waals surface area contributed by atoms with Gasteiger partial charge < -0.3 is 29.4 Å². The minimum Gasteiger partial charge on any atom is -0.353 e. The van der Waals surface area contributed by atoms with Gasteiger partial charge in [-0.1, -0.05) is 109 Å². The molecule has 0 radical (unpaired) electrons. The fraction of sp³-hybridized carbons (Fsp3) is 0.167. The van der Waals surface area contributed by atoms with Crippen molar-refractivity contribution in [1.82, 2.24) is 0 Å². The zero-order valence-corrected chi connectivity index (χ0v) is 25.1. The first-order valence-electron chi connectivity index (χ1n) is 12.7. The summed E-state index contributed by atoms with van der Waals surface area (Å²) in [5, 5.41) is 0. The van der Waals surface area contributed by atoms with E-state index in [2.05, 4.69) is 6.30 Å². The summed E-state index contributed by atoms with van der Waals surface area (Å²) < 4.78 is 23.3. The first-order valence-corrected chi connectivity index (χ1v) is 18.3. The van der Waals surface area contributed by atoms with E-state index in [4.69, 9.17) is 0 Å². The Bertz CT molecular complexity index is 1470. The van der Waals surface area contributed by atoms with Crippen LogP contribution in [0.5, 0.6) is 0 Å². The van der Waals surface area contributed by atoms with E-state index in [0.717, 1.165) is 27.8 Å². The van der Waals surface area contributed by atoms with Crippen LogP contribution in [0.3, 0.4) is 0 Å². The molecule has 216 valence electrons. The fourth-order valence-corrected chi connectivity index (χ4v) is 7.32. The molecule has 0 amide bonds. The third-order valence-corrected chi connectivity index (χ3v) is 9.28. The summed E-state index contributed by atoms with van der Waals surface area (Å²) in [5.41, 5.74) is 5.10. The second-order valence-corrected chi connectivity index (χ2v) is 15.8. The molecule has 0 aliphatic carbocycles. The third kappa shape index (κ3) is 8.03. The average molecular weight is 615 g/mol. The minimum atomic E-state index is -4.28. The highest BCUT2D eigenvalue weighted by Gasteiger charge is 2.38. The molecule has 0 fully saturated rings. The lowest BCUT2D eigenvalue weighted by atomic mass is 9.65. The smallest absolute Gasteiger partial charge is 0.329 e. The van der Waals surface area contributed by atoms with Crippen LogP contribution in [0.15, 0.2) is 97.1 Å². The van der Waals surface area contributed by atoms with E-state index >= 15 is 0 Å². The molecular formula is C30H33O8P3. The van der Waals surface area contributed by atoms with Crippen LogP contribution in [0.1, 0.15) is 44.5 Å². The molecule has 0 saturated heterocycles. The Labute approximate surface area is 239 Å². The fourth-order valence-electron chi connectivity index (χ4n) is 5.15. The zero-order chi connectivity index (χ0) is 30.1. The van der Waals surface area contributed by atoms with Gasteiger partial charge in [0.15, 0.2) is 0 Å². The van der Waals surface area contributed by atoms with Gasteiger partial charge in [0.05, 0.1) is 17.7 Å². The van der Waals surface area contributed by atoms with Gasteiger partial charge in [0.25, 0.3) is 0 Å². The number of aryl methyl sites for hydroxylation is 1. The Morgan fingerprint density at radius 3 is 1.05 bits per heavy atom. The monoisotopic (exact) mass is 614 g/mol. The molecule has 4 aromatic carbocycles. The number of rotatable bonds is 10. The standard InChI is InChI=1S/C30H33O8P3/c1-22-3-11-26(12-4-22)30(27-13-5-23(6-14-27)19-39(2,31)32,28-15-7-24(8-16-28)20-40(33,34)35)29-17-9-25(10-18-29)21-41(36,37)38/h3-18,31-32H,2,19-21H2,1H3,(H2,33,34,35)(H2,36,37,38). The SMILES string of the molecule is C=P(O)(O)Cc1ccc(C(c2ccc(C)cc2)(c2ccc(CP(=O)(O)O)cc2)c2ccc(CP(=O)(O)O)cc2)cc1. The Hall–Kier alpha value is -2.60. The molecule has 0 unspecified atom stereocenters. The second-order valence-electron chi connectivity index (χ2n) is 10.4. The lowest BCUT2D eigenvalue weighted by Gasteiger charge is -2.37. The summed E-state index contributed by atoms with van der Waals surface area (Å²) in [6.07, 6.45) is 2.70. The Morgan fingerprint density at radius 1 is 0.512 bits per heavy atom. The maximum absolute atomic E-state index is 11.6. The predicted molar refractivity (Wildman–Crippen MR) is 163 cm³/mol. The quantitative estimate of drug-likeness (QED) is 0.101. The predicted octanol–water partition coefficient (Wildman–Crippen LogP) is 5.50. The lowest BCUT2D eigenvalue weighted by molar-refractivity contribution is 0.369. The maximum Gasteiger partial charge on any atom is 0.329 e. The molecule has 0 aliphatic rings. The Morgan fingerprint density at radius 2 is 0.780 bits per heavy atom. The van der Waals surface area contributed by atoms with Crippen LogP contribution in [0, 0.1) is 6.92 Å². The lowest BCUT2D eigenvalue weighted by Crippen LogP contribution is -2.31. The van der Waals surface area contributed by atoms with Gasteiger partial charge in [-0.3, -0.25) is 9.13 Å². The summed E-state index contributed by atoms with van der Waals surface area (Å²) in [6.45, 7) is 1.98. The van der Waals surface area contributed by atoms with Crippen LogP contribution in [-0.4, -0.2) is 35.7 Å². The summed E-state index contributed by atoms with van der Waals surface area (Å²) in [7, 11) is -11.8. The summed E-state index contributed by atoms with van der Waals surface area (Å²) in [6, 6.07) is 29.5. The highest BCUT2D eigenvalue weighted by Crippen LogP contribution is 2.47. The van der Waals surface area contributed by atoms with Crippen LogP contribution in [0.25, 0.3) is 0 Å². The van der Waals surface area contributed by atoms with Crippen molar-refractivity contribution in [3.63, 3.8) is 0 Å². The normalized spacial score (nSPS) is 12.9. The highest BCUT2D eigenvalue weighted by atomic mass is 31.2. The molecule has 0 atom stereocenters. The molecule has 4 aromatic rings. The van der Waals surface area contributed by atoms with E-state index in [9.17, 15) is 38.5 Å². The van der Waals surface area contributed by atoms with E-state index < -0.39 is 40.3 Å². The van der Waals surface area contributed by atoms with Crippen molar-refractivity contribution in [3.05, 3.63) is 142 Å². The van der Waals surface area contributed by atoms with E-state index in [1.807, 2.05) is 79.7 Å². The molecule has 0 spiro atoms. The largest absolute Gasteiger partial charge is 0.353 e. The van der Waals surface area contributed by atoms with Crippen LogP contribution >= 0.6 is 22.5 Å². The maximum atomic E-state index is 11.6. The van der Waals surface area contributed by atoms with Gasteiger partial charge in [-0.25, -0.2) is 0 Å². The molecule has 0 aliphatic heterocycles. The molecule has 41 heavy (non-hydrogen) atoms. The van der Waals surface area contributed by atoms with Crippen molar-refractivity contribution in [3.8, 4) is 0 Å². The van der Waals surface area contributed by atoms with Gasteiger partial charge in [0, 0.05) is 6.16 Å². The molecule has 8 nitrogen and oxygen atoms in total. The molecule has 0 aromatic heterocycles. The third-order valence-electron chi connectivity index (χ3n) is 6.86. The van der Waals surface area contributed by atoms with Crippen molar-refractivity contribution in [2.45, 2.75) is 30.8 Å². The molecule has 0 heterocycles. The van der Waals surface area contributed by atoms with Crippen LogP contribution in [0.4, 0.5) is 0 Å². The summed E-state index contributed by atoms with van der Waals surface area (Å²) >= 11 is 0. The number of hydrogen-bond acceptors (Lipinski definition) is 4. The molecular weight excluding hydrogens is 581 g/mol. The molecule has 6 N–H and O–H groups in total. The van der Waals surface area contributed by atoms with Gasteiger partial charge in [0.1, 0.15) is 7.34 Å². The summed E-state index contributed by atoms with van der Waals surface area (Å²) in [5.74, 6) is 0. The van der Waals surface area contributed by atoms with Gasteiger partial charge in [0.2, 0.25) is 0 Å². The van der Waals surface area contributed by atoms with Crippen molar-refractivity contribution in [2.24, 2.45) is 0 Å². The van der Waals surface area contributed by atoms with E-state index in [-0.39, 0.29) is 6.16 Å². The summed E-state index contributed by atoms with van der Waals surface area (Å²) in [4.78, 5) is 57.8. The Kier molecular flexibility index (Phi) is 9.13. The number of hydrogen-bond donors (Lipinski definition) is 6. The second kappa shape index (κ2) is 11.9. The van der Waals surface area contributed by atoms with Crippen LogP contribution < -0.4 is 0 Å². The van der Waals surface area contributed by atoms with Gasteiger partial charge in [-0.2, -0.15) is 0 Å². The molecule has 4 rings (SSSR count). The van der Waals surface area contributed by atoms with Gasteiger partial charge >= 0.3 is 15.2 Å². The van der Waals surface area contributed by atoms with Crippen molar-refractivity contribution in [1.29, 1.82) is 0 Å². The van der Waals surface area contributed by atoms with E-state index in [1.54, 1.807) is 24.3 Å². The zero-order valence-electron chi connectivity index (χ0n) is 22.4.